The van der Waals surface area contributed by atoms with Crippen molar-refractivity contribution in [3.05, 3.63) is 42.0 Å². The lowest BCUT2D eigenvalue weighted by atomic mass is 10.3. The second-order valence-corrected chi connectivity index (χ2v) is 6.17. The Labute approximate surface area is 119 Å². The molecule has 0 aliphatic rings. The number of hydrogen-bond donors (Lipinski definition) is 0. The van der Waals surface area contributed by atoms with E-state index in [-0.39, 0.29) is 4.90 Å². The molecule has 0 N–H and O–H groups in total. The molecule has 0 bridgehead atoms. The third-order valence-electron chi connectivity index (χ3n) is 2.87. The zero-order valence-corrected chi connectivity index (χ0v) is 12.6. The highest BCUT2D eigenvalue weighted by atomic mass is 32.2. The zero-order chi connectivity index (χ0) is 14.8. The molecule has 0 aliphatic carbocycles. The van der Waals surface area contributed by atoms with Crippen molar-refractivity contribution in [2.75, 3.05) is 6.61 Å². The first-order chi connectivity index (χ1) is 9.48. The minimum atomic E-state index is -3.59. The number of nitrogens with zero attached hydrogens (tertiary/aromatic N) is 2. The Kier molecular flexibility index (Phi) is 4.13. The van der Waals surface area contributed by atoms with Gasteiger partial charge in [0.05, 0.1) is 17.2 Å². The lowest BCUT2D eigenvalue weighted by Crippen LogP contribution is -2.15. The zero-order valence-electron chi connectivity index (χ0n) is 11.8. The van der Waals surface area contributed by atoms with Crippen molar-refractivity contribution in [3.63, 3.8) is 0 Å². The predicted octanol–water partition coefficient (Wildman–Crippen LogP) is 2.39. The van der Waals surface area contributed by atoms with Crippen molar-refractivity contribution in [1.29, 1.82) is 0 Å². The standard InChI is InChI=1S/C14H18N2O3S/c1-4-14-15-11(3)10-16(14)20(17,18)13-8-6-12(7-9-13)19-5-2/h6-10H,4-5H2,1-3H3. The highest BCUT2D eigenvalue weighted by molar-refractivity contribution is 7.90. The molecule has 0 atom stereocenters. The maximum absolute atomic E-state index is 12.6. The van der Waals surface area contributed by atoms with Gasteiger partial charge in [-0.15, -0.1) is 0 Å². The van der Waals surface area contributed by atoms with Crippen molar-refractivity contribution in [3.8, 4) is 5.75 Å². The van der Waals surface area contributed by atoms with Crippen molar-refractivity contribution in [2.24, 2.45) is 0 Å². The molecular formula is C14H18N2O3S. The smallest absolute Gasteiger partial charge is 0.269 e. The summed E-state index contributed by atoms with van der Waals surface area (Å²) in [5, 5.41) is 0. The molecule has 1 aromatic carbocycles. The molecule has 0 aliphatic heterocycles. The fourth-order valence-electron chi connectivity index (χ4n) is 1.96. The van der Waals surface area contributed by atoms with Gasteiger partial charge in [-0.2, -0.15) is 0 Å². The van der Waals surface area contributed by atoms with E-state index in [9.17, 15) is 8.42 Å². The molecule has 108 valence electrons. The monoisotopic (exact) mass is 294 g/mol. The largest absolute Gasteiger partial charge is 0.494 e. The van der Waals surface area contributed by atoms with E-state index in [1.54, 1.807) is 37.4 Å². The SMILES string of the molecule is CCOc1ccc(S(=O)(=O)n2cc(C)nc2CC)cc1. The van der Waals surface area contributed by atoms with E-state index in [0.717, 1.165) is 0 Å². The van der Waals surface area contributed by atoms with Crippen LogP contribution >= 0.6 is 0 Å². The molecule has 0 unspecified atom stereocenters. The van der Waals surface area contributed by atoms with E-state index in [1.807, 2.05) is 13.8 Å². The van der Waals surface area contributed by atoms with Gasteiger partial charge >= 0.3 is 0 Å². The predicted molar refractivity (Wildman–Crippen MR) is 76.5 cm³/mol. The molecule has 0 amide bonds. The van der Waals surface area contributed by atoms with Gasteiger partial charge in [0.1, 0.15) is 11.6 Å². The Balaban J connectivity index is 2.43. The maximum Gasteiger partial charge on any atom is 0.269 e. The van der Waals surface area contributed by atoms with E-state index < -0.39 is 10.0 Å². The van der Waals surface area contributed by atoms with Gasteiger partial charge < -0.3 is 4.74 Å². The minimum Gasteiger partial charge on any atom is -0.494 e. The van der Waals surface area contributed by atoms with Crippen molar-refractivity contribution < 1.29 is 13.2 Å². The Morgan fingerprint density at radius 1 is 1.20 bits per heavy atom. The van der Waals surface area contributed by atoms with Gasteiger partial charge in [-0.3, -0.25) is 0 Å². The van der Waals surface area contributed by atoms with Gasteiger partial charge in [0.25, 0.3) is 10.0 Å². The molecular weight excluding hydrogens is 276 g/mol. The van der Waals surface area contributed by atoms with Crippen LogP contribution in [0, 0.1) is 6.92 Å². The van der Waals surface area contributed by atoms with E-state index in [2.05, 4.69) is 4.98 Å². The first kappa shape index (κ1) is 14.6. The third kappa shape index (κ3) is 2.70. The normalized spacial score (nSPS) is 11.6. The number of aryl methyl sites for hydroxylation is 2. The fourth-order valence-corrected chi connectivity index (χ4v) is 3.40. The first-order valence-electron chi connectivity index (χ1n) is 6.52. The number of hydrogen-bond acceptors (Lipinski definition) is 4. The molecule has 6 heteroatoms. The molecule has 1 heterocycles. The molecule has 20 heavy (non-hydrogen) atoms. The molecule has 2 rings (SSSR count). The summed E-state index contributed by atoms with van der Waals surface area (Å²) in [6.07, 6.45) is 2.11. The summed E-state index contributed by atoms with van der Waals surface area (Å²) in [4.78, 5) is 4.46. The summed E-state index contributed by atoms with van der Waals surface area (Å²) in [7, 11) is -3.59. The molecule has 5 nitrogen and oxygen atoms in total. The molecule has 1 aromatic heterocycles. The van der Waals surface area contributed by atoms with Crippen LogP contribution in [-0.2, 0) is 16.4 Å². The van der Waals surface area contributed by atoms with Crippen molar-refractivity contribution >= 4 is 10.0 Å². The number of rotatable bonds is 5. The number of ether oxygens (including phenoxy) is 1. The highest BCUT2D eigenvalue weighted by Gasteiger charge is 2.20. The van der Waals surface area contributed by atoms with Crippen molar-refractivity contribution in [1.82, 2.24) is 8.96 Å². The Hall–Kier alpha value is -1.82. The summed E-state index contributed by atoms with van der Waals surface area (Å²) in [6, 6.07) is 6.42. The van der Waals surface area contributed by atoms with Gasteiger partial charge in [-0.25, -0.2) is 17.4 Å². The lowest BCUT2D eigenvalue weighted by molar-refractivity contribution is 0.340. The average molecular weight is 294 g/mol. The molecule has 0 saturated heterocycles. The third-order valence-corrected chi connectivity index (χ3v) is 4.57. The lowest BCUT2D eigenvalue weighted by Gasteiger charge is -2.09. The second-order valence-electron chi connectivity index (χ2n) is 4.36. The van der Waals surface area contributed by atoms with Crippen LogP contribution in [0.2, 0.25) is 0 Å². The van der Waals surface area contributed by atoms with E-state index in [1.165, 1.54) is 3.97 Å². The summed E-state index contributed by atoms with van der Waals surface area (Å²) in [5.74, 6) is 1.19. The summed E-state index contributed by atoms with van der Waals surface area (Å²) in [5.41, 5.74) is 0.691. The van der Waals surface area contributed by atoms with Crippen LogP contribution in [0.1, 0.15) is 25.4 Å². The van der Waals surface area contributed by atoms with Crippen LogP contribution in [0.15, 0.2) is 35.4 Å². The Bertz CT molecular complexity index is 688. The molecule has 0 radical (unpaired) electrons. The summed E-state index contributed by atoms with van der Waals surface area (Å²) >= 11 is 0. The second kappa shape index (κ2) is 5.66. The van der Waals surface area contributed by atoms with Crippen LogP contribution in [0.5, 0.6) is 5.75 Å². The number of imidazole rings is 1. The van der Waals surface area contributed by atoms with E-state index in [4.69, 9.17) is 4.74 Å². The average Bonchev–Trinajstić information content (AvgIpc) is 2.82. The van der Waals surface area contributed by atoms with Crippen LogP contribution in [0.25, 0.3) is 0 Å². The topological polar surface area (TPSA) is 61.2 Å². The van der Waals surface area contributed by atoms with Gasteiger partial charge in [-0.05, 0) is 38.1 Å². The Morgan fingerprint density at radius 2 is 1.85 bits per heavy atom. The van der Waals surface area contributed by atoms with Crippen molar-refractivity contribution in [2.45, 2.75) is 32.1 Å². The Morgan fingerprint density at radius 3 is 2.40 bits per heavy atom. The highest BCUT2D eigenvalue weighted by Crippen LogP contribution is 2.20. The summed E-state index contributed by atoms with van der Waals surface area (Å²) < 4.78 is 31.7. The number of benzene rings is 1. The number of aromatic nitrogens is 2. The molecule has 2 aromatic rings. The summed E-state index contributed by atoms with van der Waals surface area (Å²) in [6.45, 7) is 6.09. The fraction of sp³-hybridized carbons (Fsp3) is 0.357. The van der Waals surface area contributed by atoms with Crippen LogP contribution in [-0.4, -0.2) is 24.0 Å². The van der Waals surface area contributed by atoms with Crippen LogP contribution in [0.4, 0.5) is 0 Å². The minimum absolute atomic E-state index is 0.230. The van der Waals surface area contributed by atoms with Crippen LogP contribution in [0.3, 0.4) is 0 Å². The molecule has 0 fully saturated rings. The molecule has 0 spiro atoms. The first-order valence-corrected chi connectivity index (χ1v) is 7.96. The van der Waals surface area contributed by atoms with Crippen LogP contribution < -0.4 is 4.74 Å². The molecule has 0 saturated carbocycles. The van der Waals surface area contributed by atoms with E-state index >= 15 is 0 Å². The van der Waals surface area contributed by atoms with Gasteiger partial charge in [-0.1, -0.05) is 6.92 Å². The van der Waals surface area contributed by atoms with Gasteiger partial charge in [0.15, 0.2) is 0 Å². The van der Waals surface area contributed by atoms with Gasteiger partial charge in [0.2, 0.25) is 0 Å². The quantitative estimate of drug-likeness (QED) is 0.849. The maximum atomic E-state index is 12.6. The van der Waals surface area contributed by atoms with Gasteiger partial charge in [0, 0.05) is 12.6 Å². The van der Waals surface area contributed by atoms with E-state index in [0.29, 0.717) is 30.3 Å².